The van der Waals surface area contributed by atoms with Gasteiger partial charge in [0.15, 0.2) is 0 Å². The van der Waals surface area contributed by atoms with E-state index in [1.54, 1.807) is 24.0 Å². The topological polar surface area (TPSA) is 78.1 Å². The number of urea groups is 1. The summed E-state index contributed by atoms with van der Waals surface area (Å²) in [6.07, 6.45) is 3.33. The number of likely N-dealkylation sites (tertiary alicyclic amines) is 1. The predicted molar refractivity (Wildman–Crippen MR) is 95.8 cm³/mol. The summed E-state index contributed by atoms with van der Waals surface area (Å²) >= 11 is 0. The van der Waals surface area contributed by atoms with Crippen LogP contribution in [0.5, 0.6) is 0 Å². The summed E-state index contributed by atoms with van der Waals surface area (Å²) in [4.78, 5) is 34.1. The number of benzene rings is 1. The number of amides is 2. The van der Waals surface area contributed by atoms with Gasteiger partial charge in [-0.05, 0) is 56.9 Å². The van der Waals surface area contributed by atoms with Crippen LogP contribution in [0.25, 0.3) is 0 Å². The second kappa shape index (κ2) is 6.23. The van der Waals surface area contributed by atoms with E-state index in [0.717, 1.165) is 30.5 Å². The summed E-state index contributed by atoms with van der Waals surface area (Å²) in [5, 5.41) is 2.82. The third-order valence-corrected chi connectivity index (χ3v) is 5.45. The van der Waals surface area contributed by atoms with Gasteiger partial charge in [-0.15, -0.1) is 0 Å². The van der Waals surface area contributed by atoms with Gasteiger partial charge >= 0.3 is 6.03 Å². The van der Waals surface area contributed by atoms with E-state index in [2.05, 4.69) is 15.3 Å². The van der Waals surface area contributed by atoms with Crippen LogP contribution in [0.4, 0.5) is 14.9 Å². The van der Waals surface area contributed by atoms with Crippen molar-refractivity contribution in [1.29, 1.82) is 0 Å². The van der Waals surface area contributed by atoms with E-state index in [4.69, 9.17) is 0 Å². The summed E-state index contributed by atoms with van der Waals surface area (Å²) in [6.45, 7) is 2.99. The highest BCUT2D eigenvalue weighted by Crippen LogP contribution is 2.43. The highest BCUT2D eigenvalue weighted by atomic mass is 19.1. The average Bonchev–Trinajstić information content (AvgIpc) is 2.95. The first-order valence-electron chi connectivity index (χ1n) is 8.89. The van der Waals surface area contributed by atoms with Crippen molar-refractivity contribution in [1.82, 2.24) is 14.9 Å². The Morgan fingerprint density at radius 3 is 2.85 bits per heavy atom. The van der Waals surface area contributed by atoms with Gasteiger partial charge in [0.2, 0.25) is 0 Å². The minimum absolute atomic E-state index is 0.0581. The number of fused-ring (bicyclic) bond motifs is 2. The molecular weight excluding hydrogens is 335 g/mol. The second-order valence-corrected chi connectivity index (χ2v) is 7.22. The average molecular weight is 356 g/mol. The van der Waals surface area contributed by atoms with Crippen molar-refractivity contribution in [2.45, 2.75) is 38.0 Å². The van der Waals surface area contributed by atoms with E-state index >= 15 is 0 Å². The lowest BCUT2D eigenvalue weighted by atomic mass is 9.77. The zero-order chi connectivity index (χ0) is 18.3. The molecule has 2 aromatic rings. The fraction of sp³-hybridized carbons (Fsp3) is 0.421. The Bertz CT molecular complexity index is 909. The minimum atomic E-state index is -0.339. The predicted octanol–water partition coefficient (Wildman–Crippen LogP) is 2.73. The molecule has 136 valence electrons. The number of rotatable bonds is 1. The summed E-state index contributed by atoms with van der Waals surface area (Å²) in [7, 11) is 0. The molecular formula is C19H21FN4O2. The van der Waals surface area contributed by atoms with Crippen molar-refractivity contribution in [3.05, 3.63) is 57.5 Å². The number of H-pyrrole nitrogens is 1. The maximum Gasteiger partial charge on any atom is 0.321 e. The van der Waals surface area contributed by atoms with Crippen LogP contribution < -0.4 is 10.9 Å². The number of carbonyl (C=O) groups excluding carboxylic acids is 1. The van der Waals surface area contributed by atoms with Crippen LogP contribution in [0.15, 0.2) is 29.1 Å². The van der Waals surface area contributed by atoms with Crippen LogP contribution in [0.3, 0.4) is 0 Å². The van der Waals surface area contributed by atoms with Gasteiger partial charge in [-0.3, -0.25) is 4.79 Å². The van der Waals surface area contributed by atoms with Gasteiger partial charge in [-0.1, -0.05) is 0 Å². The Balaban J connectivity index is 1.56. The van der Waals surface area contributed by atoms with E-state index in [1.165, 1.54) is 12.1 Å². The second-order valence-electron chi connectivity index (χ2n) is 7.22. The molecule has 1 fully saturated rings. The zero-order valence-corrected chi connectivity index (χ0v) is 14.6. The molecule has 26 heavy (non-hydrogen) atoms. The monoisotopic (exact) mass is 356 g/mol. The quantitative estimate of drug-likeness (QED) is 0.825. The summed E-state index contributed by atoms with van der Waals surface area (Å²) in [5.74, 6) is 0.275. The number of hydrogen-bond donors (Lipinski definition) is 2. The molecule has 1 aliphatic heterocycles. The summed E-state index contributed by atoms with van der Waals surface area (Å²) in [5.41, 5.74) is 1.88. The maximum atomic E-state index is 13.0. The standard InChI is InChI=1S/C19H21FN4O2/c1-12-21-16-15(17(25)22-12)7-9-19(16)8-2-10-24(11-19)18(26)23-14-5-3-13(20)4-6-14/h3-6H,2,7-11H2,1H3,(H,23,26)(H,21,22,25). The minimum Gasteiger partial charge on any atom is -0.324 e. The molecule has 0 bridgehead atoms. The number of piperidine rings is 1. The highest BCUT2D eigenvalue weighted by molar-refractivity contribution is 5.89. The largest absolute Gasteiger partial charge is 0.324 e. The Kier molecular flexibility index (Phi) is 4.01. The molecule has 4 rings (SSSR count). The first-order chi connectivity index (χ1) is 12.5. The van der Waals surface area contributed by atoms with Crippen molar-refractivity contribution >= 4 is 11.7 Å². The molecule has 1 aliphatic carbocycles. The molecule has 1 aromatic carbocycles. The molecule has 6 nitrogen and oxygen atoms in total. The zero-order valence-electron chi connectivity index (χ0n) is 14.6. The number of halogens is 1. The van der Waals surface area contributed by atoms with Gasteiger partial charge in [0, 0.05) is 29.8 Å². The SMILES string of the molecule is Cc1nc2c(c(=O)[nH]1)CCC21CCCN(C(=O)Nc2ccc(F)cc2)C1. The lowest BCUT2D eigenvalue weighted by Crippen LogP contribution is -2.49. The Hall–Kier alpha value is -2.70. The smallest absolute Gasteiger partial charge is 0.321 e. The molecule has 0 saturated carbocycles. The van der Waals surface area contributed by atoms with Gasteiger partial charge in [-0.2, -0.15) is 0 Å². The van der Waals surface area contributed by atoms with E-state index in [9.17, 15) is 14.0 Å². The molecule has 2 aliphatic rings. The molecule has 1 aromatic heterocycles. The van der Waals surface area contributed by atoms with Gasteiger partial charge < -0.3 is 15.2 Å². The van der Waals surface area contributed by atoms with Gasteiger partial charge in [0.05, 0.1) is 5.69 Å². The number of carbonyl (C=O) groups is 1. The van der Waals surface area contributed by atoms with E-state index in [1.807, 2.05) is 0 Å². The third kappa shape index (κ3) is 2.87. The molecule has 0 radical (unpaired) electrons. The van der Waals surface area contributed by atoms with Crippen LogP contribution >= 0.6 is 0 Å². The van der Waals surface area contributed by atoms with Gasteiger partial charge in [0.1, 0.15) is 11.6 Å². The van der Waals surface area contributed by atoms with Crippen LogP contribution in [0.1, 0.15) is 36.3 Å². The number of hydrogen-bond acceptors (Lipinski definition) is 3. The fourth-order valence-corrected chi connectivity index (χ4v) is 4.20. The van der Waals surface area contributed by atoms with E-state index < -0.39 is 0 Å². The fourth-order valence-electron chi connectivity index (χ4n) is 4.20. The number of nitrogens with zero attached hydrogens (tertiary/aromatic N) is 2. The number of aromatic amines is 1. The molecule has 2 amide bonds. The van der Waals surface area contributed by atoms with Crippen LogP contribution in [-0.2, 0) is 11.8 Å². The summed E-state index contributed by atoms with van der Waals surface area (Å²) < 4.78 is 13.0. The van der Waals surface area contributed by atoms with Crippen molar-refractivity contribution in [2.75, 3.05) is 18.4 Å². The molecule has 1 spiro atoms. The first kappa shape index (κ1) is 16.8. The molecule has 2 N–H and O–H groups in total. The number of aryl methyl sites for hydroxylation is 1. The van der Waals surface area contributed by atoms with Crippen molar-refractivity contribution < 1.29 is 9.18 Å². The lowest BCUT2D eigenvalue weighted by Gasteiger charge is -2.40. The van der Waals surface area contributed by atoms with E-state index in [-0.39, 0.29) is 22.8 Å². The van der Waals surface area contributed by atoms with Crippen LogP contribution in [0, 0.1) is 12.7 Å². The number of aromatic nitrogens is 2. The highest BCUT2D eigenvalue weighted by Gasteiger charge is 2.45. The van der Waals surface area contributed by atoms with Gasteiger partial charge in [0.25, 0.3) is 5.56 Å². The first-order valence-corrected chi connectivity index (χ1v) is 8.89. The molecule has 1 atom stereocenters. The molecule has 1 saturated heterocycles. The van der Waals surface area contributed by atoms with Crippen molar-refractivity contribution in [3.8, 4) is 0 Å². The van der Waals surface area contributed by atoms with Crippen LogP contribution in [0.2, 0.25) is 0 Å². The van der Waals surface area contributed by atoms with E-state index in [0.29, 0.717) is 31.0 Å². The van der Waals surface area contributed by atoms with Crippen LogP contribution in [-0.4, -0.2) is 34.0 Å². The summed E-state index contributed by atoms with van der Waals surface area (Å²) in [6, 6.07) is 5.52. The molecule has 2 heterocycles. The Morgan fingerprint density at radius 1 is 1.31 bits per heavy atom. The lowest BCUT2D eigenvalue weighted by molar-refractivity contribution is 0.157. The molecule has 1 unspecified atom stereocenters. The number of nitrogens with one attached hydrogen (secondary N) is 2. The number of anilines is 1. The third-order valence-electron chi connectivity index (χ3n) is 5.45. The Labute approximate surface area is 150 Å². The normalized spacial score (nSPS) is 21.7. The van der Waals surface area contributed by atoms with Crippen molar-refractivity contribution in [2.24, 2.45) is 0 Å². The maximum absolute atomic E-state index is 13.0. The van der Waals surface area contributed by atoms with Gasteiger partial charge in [-0.25, -0.2) is 14.2 Å². The van der Waals surface area contributed by atoms with Crippen molar-refractivity contribution in [3.63, 3.8) is 0 Å². The Morgan fingerprint density at radius 2 is 2.08 bits per heavy atom. The molecule has 7 heteroatoms.